The van der Waals surface area contributed by atoms with Gasteiger partial charge in [0.2, 0.25) is 0 Å². The molecule has 0 saturated carbocycles. The van der Waals surface area contributed by atoms with Crippen LogP contribution in [0.1, 0.15) is 50.3 Å². The highest BCUT2D eigenvalue weighted by Crippen LogP contribution is 2.30. The van der Waals surface area contributed by atoms with Crippen molar-refractivity contribution in [3.63, 3.8) is 0 Å². The molecule has 1 N–H and O–H groups in total. The van der Waals surface area contributed by atoms with Crippen LogP contribution in [0.15, 0.2) is 42.5 Å². The Kier molecular flexibility index (Phi) is 8.69. The average molecular weight is 383 g/mol. The fourth-order valence-corrected chi connectivity index (χ4v) is 2.70. The van der Waals surface area contributed by atoms with Gasteiger partial charge in [0.05, 0.1) is 0 Å². The van der Waals surface area contributed by atoms with Gasteiger partial charge in [-0.2, -0.15) is 0 Å². The molecule has 28 heavy (non-hydrogen) atoms. The third-order valence-electron chi connectivity index (χ3n) is 4.15. The van der Waals surface area contributed by atoms with Crippen LogP contribution in [0, 0.1) is 5.41 Å². The van der Waals surface area contributed by atoms with Crippen LogP contribution in [0.5, 0.6) is 11.5 Å². The zero-order chi connectivity index (χ0) is 20.4. The summed E-state index contributed by atoms with van der Waals surface area (Å²) in [6.07, 6.45) is 2.82. The van der Waals surface area contributed by atoms with E-state index in [2.05, 4.69) is 6.92 Å². The summed E-state index contributed by atoms with van der Waals surface area (Å²) >= 11 is 0. The molecule has 0 aliphatic carbocycles. The standard InChI is InChI=1S/C23H29NO4/c1-4-13-26-14-5-6-19-9-12-22(28-18(3)25)23(15-19)27-16-20-7-10-21(11-8-20)17(2)24/h7-12,15,24H,4-6,13-14,16H2,1-3H3. The van der Waals surface area contributed by atoms with Gasteiger partial charge >= 0.3 is 5.97 Å². The van der Waals surface area contributed by atoms with E-state index in [0.29, 0.717) is 23.8 Å². The van der Waals surface area contributed by atoms with E-state index in [1.807, 2.05) is 36.4 Å². The van der Waals surface area contributed by atoms with Crippen LogP contribution in [0.3, 0.4) is 0 Å². The van der Waals surface area contributed by atoms with Crippen molar-refractivity contribution in [3.05, 3.63) is 59.2 Å². The van der Waals surface area contributed by atoms with E-state index in [4.69, 9.17) is 19.6 Å². The second-order valence-electron chi connectivity index (χ2n) is 6.70. The second kappa shape index (κ2) is 11.2. The van der Waals surface area contributed by atoms with Gasteiger partial charge in [-0.05, 0) is 55.0 Å². The largest absolute Gasteiger partial charge is 0.485 e. The van der Waals surface area contributed by atoms with Gasteiger partial charge in [0.15, 0.2) is 11.5 Å². The molecule has 0 fully saturated rings. The van der Waals surface area contributed by atoms with Crippen molar-refractivity contribution in [2.45, 2.75) is 46.6 Å². The molecule has 2 rings (SSSR count). The molecule has 150 valence electrons. The number of carbonyl (C=O) groups is 1. The first kappa shape index (κ1) is 21.6. The van der Waals surface area contributed by atoms with Crippen LogP contribution in [0.4, 0.5) is 0 Å². The third kappa shape index (κ3) is 7.16. The Morgan fingerprint density at radius 2 is 1.68 bits per heavy atom. The van der Waals surface area contributed by atoms with E-state index < -0.39 is 0 Å². The fourth-order valence-electron chi connectivity index (χ4n) is 2.70. The number of hydrogen-bond acceptors (Lipinski definition) is 5. The Morgan fingerprint density at radius 1 is 0.964 bits per heavy atom. The zero-order valence-electron chi connectivity index (χ0n) is 16.9. The van der Waals surface area contributed by atoms with Gasteiger partial charge in [-0.25, -0.2) is 0 Å². The Hall–Kier alpha value is -2.66. The minimum atomic E-state index is -0.378. The van der Waals surface area contributed by atoms with Crippen LogP contribution in [-0.2, 0) is 22.6 Å². The maximum Gasteiger partial charge on any atom is 0.308 e. The van der Waals surface area contributed by atoms with E-state index in [-0.39, 0.29) is 5.97 Å². The molecule has 0 bridgehead atoms. The Balaban J connectivity index is 2.04. The average Bonchev–Trinajstić information content (AvgIpc) is 2.67. The van der Waals surface area contributed by atoms with Gasteiger partial charge in [0.25, 0.3) is 0 Å². The molecule has 0 radical (unpaired) electrons. The van der Waals surface area contributed by atoms with Gasteiger partial charge in [0, 0.05) is 25.8 Å². The number of carbonyl (C=O) groups excluding carboxylic acids is 1. The molecule has 0 aliphatic rings. The van der Waals surface area contributed by atoms with E-state index in [1.165, 1.54) is 6.92 Å². The molecule has 0 amide bonds. The number of aryl methyl sites for hydroxylation is 1. The lowest BCUT2D eigenvalue weighted by atomic mass is 10.1. The predicted octanol–water partition coefficient (Wildman–Crippen LogP) is 4.94. The Bertz CT molecular complexity index is 784. The minimum Gasteiger partial charge on any atom is -0.485 e. The first-order valence-corrected chi connectivity index (χ1v) is 9.66. The molecule has 0 spiro atoms. The molecule has 2 aromatic carbocycles. The van der Waals surface area contributed by atoms with Crippen molar-refractivity contribution in [3.8, 4) is 11.5 Å². The monoisotopic (exact) mass is 383 g/mol. The first-order chi connectivity index (χ1) is 13.5. The van der Waals surface area contributed by atoms with E-state index >= 15 is 0 Å². The van der Waals surface area contributed by atoms with Crippen LogP contribution in [0.2, 0.25) is 0 Å². The number of nitrogens with one attached hydrogen (secondary N) is 1. The van der Waals surface area contributed by atoms with Crippen molar-refractivity contribution in [2.75, 3.05) is 13.2 Å². The van der Waals surface area contributed by atoms with Crippen LogP contribution in [-0.4, -0.2) is 24.9 Å². The van der Waals surface area contributed by atoms with Gasteiger partial charge in [0.1, 0.15) is 6.61 Å². The summed E-state index contributed by atoms with van der Waals surface area (Å²) in [5.41, 5.74) is 3.51. The van der Waals surface area contributed by atoms with Crippen LogP contribution >= 0.6 is 0 Å². The number of ether oxygens (including phenoxy) is 3. The molecule has 0 unspecified atom stereocenters. The number of esters is 1. The summed E-state index contributed by atoms with van der Waals surface area (Å²) in [7, 11) is 0. The molecular weight excluding hydrogens is 354 g/mol. The van der Waals surface area contributed by atoms with Gasteiger partial charge in [-0.15, -0.1) is 0 Å². The van der Waals surface area contributed by atoms with E-state index in [0.717, 1.165) is 49.2 Å². The minimum absolute atomic E-state index is 0.356. The van der Waals surface area contributed by atoms with Gasteiger partial charge in [-0.1, -0.05) is 37.3 Å². The van der Waals surface area contributed by atoms with Crippen molar-refractivity contribution < 1.29 is 19.0 Å². The number of benzene rings is 2. The zero-order valence-corrected chi connectivity index (χ0v) is 16.9. The van der Waals surface area contributed by atoms with E-state index in [1.54, 1.807) is 13.0 Å². The van der Waals surface area contributed by atoms with Crippen molar-refractivity contribution in [1.82, 2.24) is 0 Å². The predicted molar refractivity (Wildman–Crippen MR) is 110 cm³/mol. The molecule has 0 aromatic heterocycles. The first-order valence-electron chi connectivity index (χ1n) is 9.66. The lowest BCUT2D eigenvalue weighted by molar-refractivity contribution is -0.132. The Labute approximate surface area is 167 Å². The van der Waals surface area contributed by atoms with Crippen LogP contribution in [0.25, 0.3) is 0 Å². The molecule has 0 atom stereocenters. The van der Waals surface area contributed by atoms with Crippen molar-refractivity contribution in [2.24, 2.45) is 0 Å². The van der Waals surface area contributed by atoms with E-state index in [9.17, 15) is 4.79 Å². The highest BCUT2D eigenvalue weighted by molar-refractivity contribution is 5.96. The maximum atomic E-state index is 11.4. The highest BCUT2D eigenvalue weighted by Gasteiger charge is 2.10. The quantitative estimate of drug-likeness (QED) is 0.258. The van der Waals surface area contributed by atoms with Crippen LogP contribution < -0.4 is 9.47 Å². The highest BCUT2D eigenvalue weighted by atomic mass is 16.6. The SMILES string of the molecule is CCCOCCCc1ccc(OC(C)=O)c(OCc2ccc(C(C)=N)cc2)c1. The van der Waals surface area contributed by atoms with Gasteiger partial charge in [-0.3, -0.25) is 4.79 Å². The molecule has 5 nitrogen and oxygen atoms in total. The summed E-state index contributed by atoms with van der Waals surface area (Å²) in [6.45, 7) is 7.10. The summed E-state index contributed by atoms with van der Waals surface area (Å²) in [5, 5.41) is 7.66. The fraction of sp³-hybridized carbons (Fsp3) is 0.391. The molecule has 0 saturated heterocycles. The summed E-state index contributed by atoms with van der Waals surface area (Å²) in [4.78, 5) is 11.4. The topological polar surface area (TPSA) is 68.6 Å². The molecular formula is C23H29NO4. The number of rotatable bonds is 11. The molecule has 2 aromatic rings. The molecule has 5 heteroatoms. The lowest BCUT2D eigenvalue weighted by Gasteiger charge is -2.13. The summed E-state index contributed by atoms with van der Waals surface area (Å²) < 4.78 is 16.8. The summed E-state index contributed by atoms with van der Waals surface area (Å²) in [5.74, 6) is 0.594. The smallest absolute Gasteiger partial charge is 0.308 e. The van der Waals surface area contributed by atoms with Crippen molar-refractivity contribution >= 4 is 11.7 Å². The number of hydrogen-bond donors (Lipinski definition) is 1. The van der Waals surface area contributed by atoms with Crippen molar-refractivity contribution in [1.29, 1.82) is 5.41 Å². The second-order valence-corrected chi connectivity index (χ2v) is 6.70. The Morgan fingerprint density at radius 3 is 2.32 bits per heavy atom. The molecule has 0 aliphatic heterocycles. The maximum absolute atomic E-state index is 11.4. The van der Waals surface area contributed by atoms with Gasteiger partial charge < -0.3 is 19.6 Å². The third-order valence-corrected chi connectivity index (χ3v) is 4.15. The normalized spacial score (nSPS) is 10.5. The molecule has 0 heterocycles. The lowest BCUT2D eigenvalue weighted by Crippen LogP contribution is -2.05. The summed E-state index contributed by atoms with van der Waals surface area (Å²) in [6, 6.07) is 13.3.